The van der Waals surface area contributed by atoms with Crippen molar-refractivity contribution in [2.24, 2.45) is 7.05 Å². The van der Waals surface area contributed by atoms with E-state index in [4.69, 9.17) is 0 Å². The van der Waals surface area contributed by atoms with Gasteiger partial charge in [-0.3, -0.25) is 4.68 Å². The lowest BCUT2D eigenvalue weighted by atomic mass is 10.1. The summed E-state index contributed by atoms with van der Waals surface area (Å²) < 4.78 is 3.66. The van der Waals surface area contributed by atoms with Crippen molar-refractivity contribution in [3.8, 4) is 5.69 Å². The van der Waals surface area contributed by atoms with Crippen molar-refractivity contribution >= 4 is 5.69 Å². The van der Waals surface area contributed by atoms with E-state index in [-0.39, 0.29) is 0 Å². The first-order chi connectivity index (χ1) is 12.2. The molecule has 0 spiro atoms. The molecule has 0 saturated carbocycles. The summed E-state index contributed by atoms with van der Waals surface area (Å²) in [4.78, 5) is 6.41. The number of hydrogen-bond donors (Lipinski definition) is 1. The van der Waals surface area contributed by atoms with Gasteiger partial charge in [-0.1, -0.05) is 12.1 Å². The second-order valence-corrected chi connectivity index (χ2v) is 6.65. The molecular weight excluding hydrogens is 314 g/mol. The normalized spacial score (nSPS) is 17.4. The van der Waals surface area contributed by atoms with Crippen molar-refractivity contribution in [2.75, 3.05) is 18.0 Å². The lowest BCUT2D eigenvalue weighted by molar-refractivity contribution is 0.551. The summed E-state index contributed by atoms with van der Waals surface area (Å²) in [5.74, 6) is 0. The van der Waals surface area contributed by atoms with Crippen LogP contribution in [0.15, 0.2) is 43.2 Å². The van der Waals surface area contributed by atoms with E-state index in [0.717, 1.165) is 31.7 Å². The van der Waals surface area contributed by atoms with Crippen LogP contribution in [0.2, 0.25) is 0 Å². The summed E-state index contributed by atoms with van der Waals surface area (Å²) in [6.45, 7) is 5.10. The number of nitrogens with zero attached hydrogens (tertiary/aromatic N) is 6. The van der Waals surface area contributed by atoms with Gasteiger partial charge in [-0.2, -0.15) is 10.2 Å². The summed E-state index contributed by atoms with van der Waals surface area (Å²) >= 11 is 0. The molecule has 1 atom stereocenters. The molecule has 1 saturated heterocycles. The Balaban J connectivity index is 1.35. The molecule has 1 aliphatic heterocycles. The zero-order valence-corrected chi connectivity index (χ0v) is 14.6. The molecule has 3 aromatic rings. The van der Waals surface area contributed by atoms with Gasteiger partial charge in [0.05, 0.1) is 17.6 Å². The molecule has 7 nitrogen and oxygen atoms in total. The molecule has 130 valence electrons. The number of nitrogens with one attached hydrogen (secondary N) is 1. The third kappa shape index (κ3) is 3.41. The molecule has 1 fully saturated rings. The molecule has 0 bridgehead atoms. The van der Waals surface area contributed by atoms with Gasteiger partial charge in [-0.05, 0) is 30.5 Å². The van der Waals surface area contributed by atoms with E-state index in [0.29, 0.717) is 6.04 Å². The van der Waals surface area contributed by atoms with Crippen LogP contribution >= 0.6 is 0 Å². The number of aromatic nitrogens is 5. The third-order valence-corrected chi connectivity index (χ3v) is 4.77. The van der Waals surface area contributed by atoms with Crippen LogP contribution in [0.5, 0.6) is 0 Å². The highest BCUT2D eigenvalue weighted by Crippen LogP contribution is 2.20. The fourth-order valence-corrected chi connectivity index (χ4v) is 3.41. The lowest BCUT2D eigenvalue weighted by Gasteiger charge is -2.17. The van der Waals surface area contributed by atoms with E-state index in [1.807, 2.05) is 17.9 Å². The van der Waals surface area contributed by atoms with Gasteiger partial charge in [0.2, 0.25) is 0 Å². The van der Waals surface area contributed by atoms with Crippen molar-refractivity contribution in [3.63, 3.8) is 0 Å². The molecule has 2 aromatic heterocycles. The molecule has 0 amide bonds. The molecule has 4 rings (SSSR count). The lowest BCUT2D eigenvalue weighted by Crippen LogP contribution is -2.32. The van der Waals surface area contributed by atoms with Gasteiger partial charge >= 0.3 is 0 Å². The SMILES string of the molecule is Cc1cc(CNC2CCN(c3cnn(C)c3)C2)ccc1-n1cncn1. The predicted molar refractivity (Wildman–Crippen MR) is 96.8 cm³/mol. The number of anilines is 1. The molecule has 0 radical (unpaired) electrons. The van der Waals surface area contributed by atoms with E-state index in [9.17, 15) is 0 Å². The van der Waals surface area contributed by atoms with Crippen LogP contribution in [0, 0.1) is 6.92 Å². The number of rotatable bonds is 5. The van der Waals surface area contributed by atoms with Crippen molar-refractivity contribution in [3.05, 3.63) is 54.4 Å². The van der Waals surface area contributed by atoms with Crippen LogP contribution in [-0.4, -0.2) is 43.7 Å². The van der Waals surface area contributed by atoms with E-state index in [1.165, 1.54) is 16.8 Å². The Morgan fingerprint density at radius 3 is 2.92 bits per heavy atom. The van der Waals surface area contributed by atoms with Gasteiger partial charge in [0.1, 0.15) is 12.7 Å². The van der Waals surface area contributed by atoms with Crippen LogP contribution in [-0.2, 0) is 13.6 Å². The maximum Gasteiger partial charge on any atom is 0.138 e. The van der Waals surface area contributed by atoms with E-state index in [2.05, 4.69) is 56.7 Å². The van der Waals surface area contributed by atoms with Gasteiger partial charge in [-0.15, -0.1) is 0 Å². The zero-order valence-electron chi connectivity index (χ0n) is 14.6. The Labute approximate surface area is 147 Å². The maximum atomic E-state index is 4.26. The molecular formula is C18H23N7. The summed E-state index contributed by atoms with van der Waals surface area (Å²) in [6.07, 6.45) is 8.46. The summed E-state index contributed by atoms with van der Waals surface area (Å²) in [5, 5.41) is 12.1. The van der Waals surface area contributed by atoms with Gasteiger partial charge in [0, 0.05) is 38.9 Å². The van der Waals surface area contributed by atoms with Crippen molar-refractivity contribution < 1.29 is 0 Å². The zero-order chi connectivity index (χ0) is 17.2. The summed E-state index contributed by atoms with van der Waals surface area (Å²) in [7, 11) is 1.96. The van der Waals surface area contributed by atoms with E-state index in [1.54, 1.807) is 17.3 Å². The van der Waals surface area contributed by atoms with Gasteiger partial charge in [-0.25, -0.2) is 9.67 Å². The fraction of sp³-hybridized carbons (Fsp3) is 0.389. The number of hydrogen-bond acceptors (Lipinski definition) is 5. The van der Waals surface area contributed by atoms with Crippen molar-refractivity contribution in [1.29, 1.82) is 0 Å². The second-order valence-electron chi connectivity index (χ2n) is 6.65. The van der Waals surface area contributed by atoms with Crippen LogP contribution in [0.3, 0.4) is 0 Å². The first-order valence-electron chi connectivity index (χ1n) is 8.60. The molecule has 1 aliphatic rings. The van der Waals surface area contributed by atoms with Crippen LogP contribution in [0.1, 0.15) is 17.5 Å². The molecule has 7 heteroatoms. The average molecular weight is 337 g/mol. The van der Waals surface area contributed by atoms with Crippen LogP contribution in [0.25, 0.3) is 5.69 Å². The quantitative estimate of drug-likeness (QED) is 0.767. The maximum absolute atomic E-state index is 4.26. The molecule has 0 aliphatic carbocycles. The standard InChI is InChI=1S/C18H23N7/c1-14-7-15(3-4-18(14)25-13-19-12-22-25)8-20-16-5-6-24(10-16)17-9-21-23(2)11-17/h3-4,7,9,11-13,16,20H,5-6,8,10H2,1-2H3. The Morgan fingerprint density at radius 2 is 2.20 bits per heavy atom. The average Bonchev–Trinajstić information content (AvgIpc) is 3.34. The monoisotopic (exact) mass is 337 g/mol. The molecule has 1 aromatic carbocycles. The predicted octanol–water partition coefficient (Wildman–Crippen LogP) is 1.68. The van der Waals surface area contributed by atoms with Gasteiger partial charge in [0.25, 0.3) is 0 Å². The highest BCUT2D eigenvalue weighted by molar-refractivity contribution is 5.44. The highest BCUT2D eigenvalue weighted by atomic mass is 15.3. The number of benzene rings is 1. The first kappa shape index (κ1) is 15.8. The summed E-state index contributed by atoms with van der Waals surface area (Å²) in [5.41, 5.74) is 4.78. The van der Waals surface area contributed by atoms with Gasteiger partial charge < -0.3 is 10.2 Å². The van der Waals surface area contributed by atoms with Crippen molar-refractivity contribution in [2.45, 2.75) is 25.9 Å². The number of aryl methyl sites for hydroxylation is 2. The third-order valence-electron chi connectivity index (χ3n) is 4.77. The van der Waals surface area contributed by atoms with Crippen LogP contribution < -0.4 is 10.2 Å². The molecule has 3 heterocycles. The van der Waals surface area contributed by atoms with Crippen LogP contribution in [0.4, 0.5) is 5.69 Å². The van der Waals surface area contributed by atoms with E-state index < -0.39 is 0 Å². The minimum absolute atomic E-state index is 0.510. The first-order valence-corrected chi connectivity index (χ1v) is 8.60. The summed E-state index contributed by atoms with van der Waals surface area (Å²) in [6, 6.07) is 7.00. The molecule has 1 unspecified atom stereocenters. The Kier molecular flexibility index (Phi) is 4.23. The van der Waals surface area contributed by atoms with E-state index >= 15 is 0 Å². The largest absolute Gasteiger partial charge is 0.367 e. The minimum atomic E-state index is 0.510. The Morgan fingerprint density at radius 1 is 1.28 bits per heavy atom. The molecule has 25 heavy (non-hydrogen) atoms. The molecule has 1 N–H and O–H groups in total. The highest BCUT2D eigenvalue weighted by Gasteiger charge is 2.23. The Hall–Kier alpha value is -2.67. The smallest absolute Gasteiger partial charge is 0.138 e. The minimum Gasteiger partial charge on any atom is -0.367 e. The van der Waals surface area contributed by atoms with Gasteiger partial charge in [0.15, 0.2) is 0 Å². The second kappa shape index (κ2) is 6.68. The topological polar surface area (TPSA) is 63.8 Å². The van der Waals surface area contributed by atoms with Crippen molar-refractivity contribution in [1.82, 2.24) is 29.9 Å². The Bertz CT molecular complexity index is 837. The fourth-order valence-electron chi connectivity index (χ4n) is 3.41.